The largest absolute Gasteiger partial charge is 0.453 e. The summed E-state index contributed by atoms with van der Waals surface area (Å²) < 4.78 is 9.79. The highest BCUT2D eigenvalue weighted by Gasteiger charge is 2.39. The number of alkyl carbamates (subject to hydrolysis) is 2. The minimum absolute atomic E-state index is 0.0138. The molecule has 3 aliphatic rings. The second-order valence-electron chi connectivity index (χ2n) is 16.8. The fourth-order valence-corrected chi connectivity index (χ4v) is 10.4. The second-order valence-corrected chi connectivity index (χ2v) is 18.0. The van der Waals surface area contributed by atoms with E-state index in [2.05, 4.69) is 112 Å². The maximum absolute atomic E-state index is 14.0. The molecule has 3 fully saturated rings. The van der Waals surface area contributed by atoms with Gasteiger partial charge in [-0.15, -0.1) is 0 Å². The van der Waals surface area contributed by atoms with Crippen LogP contribution in [0.3, 0.4) is 0 Å². The van der Waals surface area contributed by atoms with Gasteiger partial charge in [0.1, 0.15) is 11.9 Å². The molecule has 2 aromatic heterocycles. The van der Waals surface area contributed by atoms with E-state index in [1.54, 1.807) is 0 Å². The van der Waals surface area contributed by atoms with E-state index >= 15 is 0 Å². The standard InChI is InChI=1S/C47H57N7O5S/c1-29(2)40(51-46(56)58-3)28-53-21-5-8-42(53)44-48-27-39(50-44)36-16-15-34-25-33(13-14-35(34)26-36)30-9-11-31(12-10-30)37-17-18-38(49-37)41-7-6-22-54(41)45(55)43(52-47(57)59-4)32-19-23-60-24-20-32/h9-18,25-27,29,32,40-43,49H,5-8,19-24,28H2,1-4H3,(H,48,50)(H,51,56)(H,52,57)/t40-,41?,42+,43+/m1/s1. The quantitative estimate of drug-likeness (QED) is 0.0976. The third-order valence-corrected chi connectivity index (χ3v) is 13.8. The van der Waals surface area contributed by atoms with E-state index < -0.39 is 18.2 Å². The van der Waals surface area contributed by atoms with Crippen molar-refractivity contribution in [1.82, 2.24) is 35.4 Å². The predicted octanol–water partition coefficient (Wildman–Crippen LogP) is 8.94. The van der Waals surface area contributed by atoms with Gasteiger partial charge >= 0.3 is 12.2 Å². The van der Waals surface area contributed by atoms with Gasteiger partial charge in [-0.1, -0.05) is 62.4 Å². The van der Waals surface area contributed by atoms with Gasteiger partial charge in [-0.25, -0.2) is 14.6 Å². The number of hydrogen-bond acceptors (Lipinski definition) is 8. The summed E-state index contributed by atoms with van der Waals surface area (Å²) in [6.45, 7) is 6.61. The second kappa shape index (κ2) is 18.6. The van der Waals surface area contributed by atoms with E-state index in [1.807, 2.05) is 22.9 Å². The maximum atomic E-state index is 14.0. The number of aromatic amines is 2. The van der Waals surface area contributed by atoms with Crippen LogP contribution in [0, 0.1) is 11.8 Å². The molecule has 3 aromatic carbocycles. The highest BCUT2D eigenvalue weighted by atomic mass is 32.2. The normalized spacial score (nSPS) is 19.7. The number of amides is 3. The molecule has 0 spiro atoms. The summed E-state index contributed by atoms with van der Waals surface area (Å²) in [6.07, 6.45) is 6.69. The first kappa shape index (κ1) is 41.5. The number of imidazole rings is 1. The first-order valence-electron chi connectivity index (χ1n) is 21.4. The van der Waals surface area contributed by atoms with Crippen molar-refractivity contribution < 1.29 is 23.9 Å². The Morgan fingerprint density at radius 1 is 0.750 bits per heavy atom. The summed E-state index contributed by atoms with van der Waals surface area (Å²) in [5.74, 6) is 3.31. The number of carbonyl (C=O) groups excluding carboxylic acids is 3. The Kier molecular flexibility index (Phi) is 12.8. The Morgan fingerprint density at radius 3 is 2.13 bits per heavy atom. The first-order chi connectivity index (χ1) is 29.2. The third kappa shape index (κ3) is 9.07. The smallest absolute Gasteiger partial charge is 0.407 e. The van der Waals surface area contributed by atoms with Crippen LogP contribution in [0.15, 0.2) is 79.0 Å². The molecule has 1 unspecified atom stereocenters. The van der Waals surface area contributed by atoms with Gasteiger partial charge in [0.15, 0.2) is 0 Å². The molecule has 5 heterocycles. The number of thioether (sulfide) groups is 1. The average Bonchev–Trinajstić information content (AvgIpc) is 4.13. The molecule has 8 rings (SSSR count). The van der Waals surface area contributed by atoms with Gasteiger partial charge in [-0.05, 0) is 120 Å². The number of benzene rings is 3. The Hall–Kier alpha value is -5.27. The lowest BCUT2D eigenvalue weighted by atomic mass is 9.92. The van der Waals surface area contributed by atoms with E-state index in [0.717, 1.165) is 119 Å². The lowest BCUT2D eigenvalue weighted by Crippen LogP contribution is -2.52. The number of fused-ring (bicyclic) bond motifs is 1. The number of hydrogen-bond donors (Lipinski definition) is 4. The number of rotatable bonds is 12. The van der Waals surface area contributed by atoms with Gasteiger partial charge in [0, 0.05) is 36.1 Å². The third-order valence-electron chi connectivity index (χ3n) is 12.7. The van der Waals surface area contributed by atoms with Crippen molar-refractivity contribution in [2.75, 3.05) is 45.4 Å². The molecule has 12 nitrogen and oxygen atoms in total. The summed E-state index contributed by atoms with van der Waals surface area (Å²) in [5, 5.41) is 8.22. The molecular formula is C47H57N7O5S. The van der Waals surface area contributed by atoms with Crippen LogP contribution >= 0.6 is 11.8 Å². The van der Waals surface area contributed by atoms with E-state index in [9.17, 15) is 14.4 Å². The Labute approximate surface area is 356 Å². The van der Waals surface area contributed by atoms with Crippen molar-refractivity contribution in [2.45, 2.75) is 76.5 Å². The van der Waals surface area contributed by atoms with Crippen molar-refractivity contribution in [3.05, 3.63) is 90.5 Å². The molecule has 3 amide bonds. The van der Waals surface area contributed by atoms with Crippen LogP contribution in [0.5, 0.6) is 0 Å². The molecule has 3 saturated heterocycles. The molecule has 0 saturated carbocycles. The number of aromatic nitrogens is 3. The molecular weight excluding hydrogens is 775 g/mol. The van der Waals surface area contributed by atoms with E-state index in [4.69, 9.17) is 14.5 Å². The Morgan fingerprint density at radius 2 is 1.40 bits per heavy atom. The fourth-order valence-electron chi connectivity index (χ4n) is 9.25. The van der Waals surface area contributed by atoms with Crippen molar-refractivity contribution >= 4 is 40.6 Å². The van der Waals surface area contributed by atoms with Crippen molar-refractivity contribution in [3.63, 3.8) is 0 Å². The molecule has 13 heteroatoms. The lowest BCUT2D eigenvalue weighted by Gasteiger charge is -2.34. The van der Waals surface area contributed by atoms with Crippen molar-refractivity contribution in [3.8, 4) is 33.6 Å². The number of nitrogens with one attached hydrogen (secondary N) is 4. The molecule has 0 aliphatic carbocycles. The summed E-state index contributed by atoms with van der Waals surface area (Å²) in [6, 6.07) is 25.5. The number of carbonyl (C=O) groups is 3. The Balaban J connectivity index is 0.927. The summed E-state index contributed by atoms with van der Waals surface area (Å²) in [7, 11) is 2.75. The molecule has 60 heavy (non-hydrogen) atoms. The van der Waals surface area contributed by atoms with E-state index in [-0.39, 0.29) is 35.9 Å². The molecule has 3 aliphatic heterocycles. The number of ether oxygens (including phenoxy) is 2. The zero-order valence-electron chi connectivity index (χ0n) is 35.0. The maximum Gasteiger partial charge on any atom is 0.407 e. The average molecular weight is 832 g/mol. The highest BCUT2D eigenvalue weighted by molar-refractivity contribution is 7.99. The lowest BCUT2D eigenvalue weighted by molar-refractivity contribution is -0.135. The number of methoxy groups -OCH3 is 2. The highest BCUT2D eigenvalue weighted by Crippen LogP contribution is 2.37. The molecule has 0 radical (unpaired) electrons. The van der Waals surface area contributed by atoms with E-state index in [0.29, 0.717) is 6.54 Å². The van der Waals surface area contributed by atoms with E-state index in [1.165, 1.54) is 14.2 Å². The van der Waals surface area contributed by atoms with Crippen LogP contribution in [0.25, 0.3) is 44.4 Å². The monoisotopic (exact) mass is 831 g/mol. The SMILES string of the molecule is COC(=O)N[C@H](C(=O)N1CCCC1c1ccc(-c2ccc(-c3ccc4cc(-c5cnc([C@@H]6CCCN6C[C@@H](NC(=O)OC)C(C)C)[nH]5)ccc4c3)cc2)[nH]1)C1CCSCC1. The van der Waals surface area contributed by atoms with Crippen LogP contribution in [-0.2, 0) is 14.3 Å². The van der Waals surface area contributed by atoms with Crippen molar-refractivity contribution in [2.24, 2.45) is 11.8 Å². The molecule has 0 bridgehead atoms. The van der Waals surface area contributed by atoms with Gasteiger partial charge < -0.3 is 35.0 Å². The van der Waals surface area contributed by atoms with Gasteiger partial charge in [0.25, 0.3) is 0 Å². The van der Waals surface area contributed by atoms with Gasteiger partial charge in [0.2, 0.25) is 5.91 Å². The molecule has 5 aromatic rings. The minimum Gasteiger partial charge on any atom is -0.453 e. The van der Waals surface area contributed by atoms with Crippen LogP contribution in [-0.4, -0.2) is 100 Å². The topological polar surface area (TPSA) is 145 Å². The van der Waals surface area contributed by atoms with Crippen molar-refractivity contribution in [1.29, 1.82) is 0 Å². The zero-order valence-corrected chi connectivity index (χ0v) is 35.9. The fraction of sp³-hybridized carbons (Fsp3) is 0.447. The zero-order chi connectivity index (χ0) is 41.8. The molecule has 316 valence electrons. The van der Waals surface area contributed by atoms with Crippen LogP contribution < -0.4 is 10.6 Å². The predicted molar refractivity (Wildman–Crippen MR) is 238 cm³/mol. The van der Waals surface area contributed by atoms with Crippen LogP contribution in [0.1, 0.15) is 76.0 Å². The number of likely N-dealkylation sites (tertiary alicyclic amines) is 2. The van der Waals surface area contributed by atoms with Crippen LogP contribution in [0.2, 0.25) is 0 Å². The van der Waals surface area contributed by atoms with Gasteiger partial charge in [-0.2, -0.15) is 11.8 Å². The summed E-state index contributed by atoms with van der Waals surface area (Å²) in [5.41, 5.74) is 7.46. The van der Waals surface area contributed by atoms with Gasteiger partial charge in [-0.3, -0.25) is 9.69 Å². The molecule has 4 N–H and O–H groups in total. The Bertz CT molecular complexity index is 2280. The summed E-state index contributed by atoms with van der Waals surface area (Å²) >= 11 is 1.90. The van der Waals surface area contributed by atoms with Crippen LogP contribution in [0.4, 0.5) is 9.59 Å². The number of H-pyrrole nitrogens is 2. The number of nitrogens with zero attached hydrogens (tertiary/aromatic N) is 3. The minimum atomic E-state index is -0.579. The summed E-state index contributed by atoms with van der Waals surface area (Å²) in [4.78, 5) is 54.8. The van der Waals surface area contributed by atoms with Gasteiger partial charge in [0.05, 0.1) is 38.2 Å². The first-order valence-corrected chi connectivity index (χ1v) is 22.5. The molecule has 4 atom stereocenters.